The molecule has 0 amide bonds. The van der Waals surface area contributed by atoms with Crippen molar-refractivity contribution in [2.45, 2.75) is 0 Å². The molecular formula is H4BaClNO3. The van der Waals surface area contributed by atoms with Gasteiger partial charge in [-0.3, -0.25) is 0 Å². The van der Waals surface area contributed by atoms with Crippen molar-refractivity contribution in [3.05, 3.63) is 10.1 Å². The number of halogens is 1. The Morgan fingerprint density at radius 3 is 1.67 bits per heavy atom. The van der Waals surface area contributed by atoms with E-state index in [0.717, 1.165) is 0 Å². The molecule has 0 aromatic carbocycles. The molecule has 6 heteroatoms. The SMILES string of the molecule is Cl.O=[N+]([O-])O.[BaH2]. The van der Waals surface area contributed by atoms with Gasteiger partial charge in [-0.1, -0.05) is 0 Å². The zero-order valence-electron chi connectivity index (χ0n) is 2.12. The minimum absolute atomic E-state index is 0. The summed E-state index contributed by atoms with van der Waals surface area (Å²) in [4.78, 5) is 8.36. The van der Waals surface area contributed by atoms with Gasteiger partial charge in [-0.05, 0) is 0 Å². The molecule has 0 saturated heterocycles. The molecule has 0 rings (SSSR count). The van der Waals surface area contributed by atoms with Gasteiger partial charge < -0.3 is 5.21 Å². The van der Waals surface area contributed by atoms with Crippen LogP contribution in [0.1, 0.15) is 0 Å². The molecule has 0 aliphatic rings. The molecule has 0 bridgehead atoms. The van der Waals surface area contributed by atoms with E-state index in [-0.39, 0.29) is 61.3 Å². The first-order valence-electron chi connectivity index (χ1n) is 0.565. The second-order valence-electron chi connectivity index (χ2n) is 0.238. The van der Waals surface area contributed by atoms with Crippen LogP contribution in [0.15, 0.2) is 0 Å². The summed E-state index contributed by atoms with van der Waals surface area (Å²) in [6.45, 7) is 0. The van der Waals surface area contributed by atoms with E-state index in [9.17, 15) is 0 Å². The number of hydrogen-bond acceptors (Lipinski definition) is 2. The van der Waals surface area contributed by atoms with E-state index in [1.165, 1.54) is 0 Å². The Balaban J connectivity index is -0.0000000450. The summed E-state index contributed by atoms with van der Waals surface area (Å²) in [5, 5.41) is 13.6. The average molecular weight is 239 g/mol. The molecule has 36 valence electrons. The normalized spacial score (nSPS) is 4.00. The fraction of sp³-hybridized carbons (Fsp3) is 0. The molecule has 0 atom stereocenters. The van der Waals surface area contributed by atoms with E-state index in [2.05, 4.69) is 0 Å². The van der Waals surface area contributed by atoms with Gasteiger partial charge in [0.15, 0.2) is 0 Å². The zero-order valence-corrected chi connectivity index (χ0v) is 2.94. The van der Waals surface area contributed by atoms with E-state index in [1.54, 1.807) is 0 Å². The fourth-order valence-corrected chi connectivity index (χ4v) is 0. The van der Waals surface area contributed by atoms with Crippen molar-refractivity contribution >= 4 is 61.3 Å². The van der Waals surface area contributed by atoms with E-state index in [1.807, 2.05) is 0 Å². The Labute approximate surface area is 80.5 Å². The van der Waals surface area contributed by atoms with Gasteiger partial charge in [-0.15, -0.1) is 22.5 Å². The van der Waals surface area contributed by atoms with Crippen LogP contribution in [0.3, 0.4) is 0 Å². The molecule has 0 aromatic rings. The van der Waals surface area contributed by atoms with Gasteiger partial charge in [0.1, 0.15) is 0 Å². The van der Waals surface area contributed by atoms with Crippen LogP contribution in [-0.4, -0.2) is 59.2 Å². The fourth-order valence-electron chi connectivity index (χ4n) is 0. The molecule has 1 N–H and O–H groups in total. The molecule has 4 nitrogen and oxygen atoms in total. The molecule has 6 heavy (non-hydrogen) atoms. The van der Waals surface area contributed by atoms with E-state index in [4.69, 9.17) is 15.3 Å². The van der Waals surface area contributed by atoms with Crippen molar-refractivity contribution in [2.75, 3.05) is 0 Å². The number of rotatable bonds is 0. The molecule has 0 aliphatic heterocycles. The average Bonchev–Trinajstić information content (AvgIpc) is 0.811. The predicted molar refractivity (Wildman–Crippen MR) is 24.6 cm³/mol. The summed E-state index contributed by atoms with van der Waals surface area (Å²) in [6, 6.07) is 0. The van der Waals surface area contributed by atoms with Crippen molar-refractivity contribution in [3.8, 4) is 0 Å². The van der Waals surface area contributed by atoms with Crippen molar-refractivity contribution in [1.82, 2.24) is 0 Å². The Morgan fingerprint density at radius 2 is 1.67 bits per heavy atom. The van der Waals surface area contributed by atoms with Gasteiger partial charge in [0.25, 0.3) is 5.09 Å². The van der Waals surface area contributed by atoms with E-state index in [0.29, 0.717) is 0 Å². The molecule has 0 aliphatic carbocycles. The van der Waals surface area contributed by atoms with Gasteiger partial charge >= 0.3 is 48.9 Å². The van der Waals surface area contributed by atoms with Crippen molar-refractivity contribution in [3.63, 3.8) is 0 Å². The molecular weight excluding hydrogens is 235 g/mol. The summed E-state index contributed by atoms with van der Waals surface area (Å²) in [7, 11) is 0. The van der Waals surface area contributed by atoms with Crippen LogP contribution in [0.5, 0.6) is 0 Å². The summed E-state index contributed by atoms with van der Waals surface area (Å²) in [5.41, 5.74) is 0. The molecule has 0 fully saturated rings. The summed E-state index contributed by atoms with van der Waals surface area (Å²) in [6.07, 6.45) is 0. The van der Waals surface area contributed by atoms with Gasteiger partial charge in [-0.2, -0.15) is 0 Å². The van der Waals surface area contributed by atoms with Gasteiger partial charge in [0, 0.05) is 0 Å². The molecule has 0 aromatic heterocycles. The van der Waals surface area contributed by atoms with Gasteiger partial charge in [-0.25, -0.2) is 0 Å². The van der Waals surface area contributed by atoms with Crippen LogP contribution >= 0.6 is 12.4 Å². The second-order valence-corrected chi connectivity index (χ2v) is 0.238. The maximum absolute atomic E-state index is 8.36. The van der Waals surface area contributed by atoms with Crippen LogP contribution in [0.4, 0.5) is 0 Å². The standard InChI is InChI=1S/Ba.ClH.HNO3.2H/c;;2-1(3)4;;/h;1H;(H,2,3,4);;. The summed E-state index contributed by atoms with van der Waals surface area (Å²) >= 11 is 0. The first kappa shape index (κ1) is 15.7. The van der Waals surface area contributed by atoms with Crippen LogP contribution in [-0.2, 0) is 0 Å². The van der Waals surface area contributed by atoms with Crippen molar-refractivity contribution in [1.29, 1.82) is 0 Å². The third-order valence-corrected chi connectivity index (χ3v) is 0. The first-order valence-corrected chi connectivity index (χ1v) is 0.565. The molecule has 0 unspecified atom stereocenters. The van der Waals surface area contributed by atoms with Crippen molar-refractivity contribution in [2.24, 2.45) is 0 Å². The van der Waals surface area contributed by atoms with Crippen LogP contribution in [0.25, 0.3) is 0 Å². The second kappa shape index (κ2) is 9.41. The summed E-state index contributed by atoms with van der Waals surface area (Å²) in [5.74, 6) is 0. The van der Waals surface area contributed by atoms with Crippen LogP contribution in [0.2, 0.25) is 0 Å². The Bertz CT molecular complexity index is 33.8. The molecule has 0 spiro atoms. The van der Waals surface area contributed by atoms with Gasteiger partial charge in [0.05, 0.1) is 0 Å². The number of hydrogen-bond donors (Lipinski definition) is 1. The van der Waals surface area contributed by atoms with Crippen LogP contribution in [0, 0.1) is 10.1 Å². The molecule has 0 heterocycles. The van der Waals surface area contributed by atoms with Crippen LogP contribution < -0.4 is 0 Å². The quantitative estimate of drug-likeness (QED) is 0.340. The Hall–Kier alpha value is 1.06. The first-order chi connectivity index (χ1) is 1.73. The zero-order chi connectivity index (χ0) is 3.58. The third-order valence-electron chi connectivity index (χ3n) is 0. The number of nitrogens with zero attached hydrogens (tertiary/aromatic N) is 1. The topological polar surface area (TPSA) is 63.4 Å². The van der Waals surface area contributed by atoms with E-state index < -0.39 is 5.09 Å². The maximum atomic E-state index is 8.36. The Morgan fingerprint density at radius 1 is 1.67 bits per heavy atom. The monoisotopic (exact) mass is 239 g/mol. The predicted octanol–water partition coefficient (Wildman–Crippen LogP) is -0.842. The van der Waals surface area contributed by atoms with Crippen molar-refractivity contribution < 1.29 is 10.3 Å². The van der Waals surface area contributed by atoms with Gasteiger partial charge in [0.2, 0.25) is 0 Å². The minimum atomic E-state index is -1.50. The third kappa shape index (κ3) is 74.1. The molecule has 0 radical (unpaired) electrons. The molecule has 0 saturated carbocycles. The summed E-state index contributed by atoms with van der Waals surface area (Å²) < 4.78 is 0. The van der Waals surface area contributed by atoms with E-state index >= 15 is 0 Å². The Kier molecular flexibility index (Phi) is 24.7.